The Labute approximate surface area is 91.8 Å². The maximum atomic E-state index is 11.3. The Bertz CT molecular complexity index is 388. The molecule has 0 aliphatic carbocycles. The second-order valence-electron chi connectivity index (χ2n) is 3.16. The first-order valence-electron chi connectivity index (χ1n) is 4.74. The molecule has 88 valence electrons. The van der Waals surface area contributed by atoms with Gasteiger partial charge in [-0.3, -0.25) is 9.48 Å². The van der Waals surface area contributed by atoms with E-state index in [-0.39, 0.29) is 18.8 Å². The van der Waals surface area contributed by atoms with Gasteiger partial charge in [0.1, 0.15) is 12.4 Å². The summed E-state index contributed by atoms with van der Waals surface area (Å²) in [5, 5.41) is 12.4. The zero-order valence-corrected chi connectivity index (χ0v) is 8.79. The van der Waals surface area contributed by atoms with Crippen molar-refractivity contribution in [3.8, 4) is 0 Å². The molecule has 0 radical (unpaired) electrons. The Kier molecular flexibility index (Phi) is 3.87. The molecule has 0 aliphatic rings. The number of aliphatic carboxylic acids is 1. The molecule has 1 heterocycles. The summed E-state index contributed by atoms with van der Waals surface area (Å²) in [6.45, 7) is 1.47. The van der Waals surface area contributed by atoms with Gasteiger partial charge in [-0.05, 0) is 12.5 Å². The number of nitrogens with two attached hydrogens (primary N) is 1. The molecule has 1 atom stereocenters. The monoisotopic (exact) mass is 227 g/mol. The van der Waals surface area contributed by atoms with Gasteiger partial charge in [-0.2, -0.15) is 5.10 Å². The number of nitrogen functional groups attached to an aromatic ring is 1. The Morgan fingerprint density at radius 2 is 2.38 bits per heavy atom. The van der Waals surface area contributed by atoms with E-state index in [2.05, 4.69) is 5.10 Å². The first-order valence-corrected chi connectivity index (χ1v) is 4.74. The van der Waals surface area contributed by atoms with Gasteiger partial charge in [-0.15, -0.1) is 0 Å². The normalized spacial score (nSPS) is 12.1. The summed E-state index contributed by atoms with van der Waals surface area (Å²) in [5.41, 5.74) is 5.35. The van der Waals surface area contributed by atoms with Crippen LogP contribution in [-0.4, -0.2) is 32.9 Å². The Hall–Kier alpha value is -2.05. The lowest BCUT2D eigenvalue weighted by molar-refractivity contribution is -0.164. The molecule has 1 unspecified atom stereocenters. The lowest BCUT2D eigenvalue weighted by atomic mass is 10.3. The van der Waals surface area contributed by atoms with E-state index < -0.39 is 18.0 Å². The van der Waals surface area contributed by atoms with Crippen molar-refractivity contribution < 1.29 is 19.4 Å². The summed E-state index contributed by atoms with van der Waals surface area (Å²) in [7, 11) is 0. The third-order valence-corrected chi connectivity index (χ3v) is 1.87. The molecular weight excluding hydrogens is 214 g/mol. The van der Waals surface area contributed by atoms with Gasteiger partial charge in [0.2, 0.25) is 0 Å². The van der Waals surface area contributed by atoms with Gasteiger partial charge >= 0.3 is 11.9 Å². The number of anilines is 1. The molecule has 16 heavy (non-hydrogen) atoms. The fourth-order valence-corrected chi connectivity index (χ4v) is 1.10. The highest BCUT2D eigenvalue weighted by atomic mass is 16.6. The van der Waals surface area contributed by atoms with Crippen molar-refractivity contribution in [2.45, 2.75) is 26.0 Å². The fraction of sp³-hybridized carbons (Fsp3) is 0.444. The first-order chi connectivity index (χ1) is 7.52. The number of aromatic nitrogens is 2. The highest BCUT2D eigenvalue weighted by Crippen LogP contribution is 2.01. The number of hydrogen-bond donors (Lipinski definition) is 2. The lowest BCUT2D eigenvalue weighted by Gasteiger charge is -2.11. The van der Waals surface area contributed by atoms with E-state index in [4.69, 9.17) is 15.6 Å². The van der Waals surface area contributed by atoms with Crippen molar-refractivity contribution in [3.05, 3.63) is 12.3 Å². The smallest absolute Gasteiger partial charge is 0.345 e. The van der Waals surface area contributed by atoms with E-state index in [1.165, 1.54) is 16.9 Å². The minimum absolute atomic E-state index is 0.152. The zero-order valence-electron chi connectivity index (χ0n) is 8.79. The topological polar surface area (TPSA) is 107 Å². The Balaban J connectivity index is 2.50. The number of ether oxygens (including phenoxy) is 1. The van der Waals surface area contributed by atoms with Crippen LogP contribution in [0.5, 0.6) is 0 Å². The summed E-state index contributed by atoms with van der Waals surface area (Å²) < 4.78 is 6.02. The summed E-state index contributed by atoms with van der Waals surface area (Å²) in [5.74, 6) is -1.52. The van der Waals surface area contributed by atoms with Crippen LogP contribution in [0.3, 0.4) is 0 Å². The van der Waals surface area contributed by atoms with Crippen LogP contribution in [0.25, 0.3) is 0 Å². The SMILES string of the molecule is CCC(OC(=O)Cn1ccc(N)n1)C(=O)O. The molecule has 0 aliphatic heterocycles. The van der Waals surface area contributed by atoms with Crippen molar-refractivity contribution in [2.24, 2.45) is 0 Å². The summed E-state index contributed by atoms with van der Waals surface area (Å²) in [4.78, 5) is 21.9. The molecule has 0 aromatic carbocycles. The lowest BCUT2D eigenvalue weighted by Crippen LogP contribution is -2.28. The van der Waals surface area contributed by atoms with E-state index in [1.54, 1.807) is 6.92 Å². The zero-order chi connectivity index (χ0) is 12.1. The summed E-state index contributed by atoms with van der Waals surface area (Å²) in [6.07, 6.45) is 0.626. The van der Waals surface area contributed by atoms with E-state index in [0.29, 0.717) is 0 Å². The van der Waals surface area contributed by atoms with Gasteiger partial charge in [0.05, 0.1) is 0 Å². The second kappa shape index (κ2) is 5.15. The molecule has 0 amide bonds. The van der Waals surface area contributed by atoms with Crippen molar-refractivity contribution in [3.63, 3.8) is 0 Å². The van der Waals surface area contributed by atoms with E-state index in [0.717, 1.165) is 0 Å². The van der Waals surface area contributed by atoms with Crippen molar-refractivity contribution in [2.75, 3.05) is 5.73 Å². The van der Waals surface area contributed by atoms with Crippen LogP contribution < -0.4 is 5.73 Å². The third kappa shape index (κ3) is 3.26. The van der Waals surface area contributed by atoms with Crippen LogP contribution in [0.15, 0.2) is 12.3 Å². The molecule has 0 saturated carbocycles. The van der Waals surface area contributed by atoms with Gasteiger partial charge in [0.15, 0.2) is 6.10 Å². The number of carbonyl (C=O) groups is 2. The van der Waals surface area contributed by atoms with Crippen LogP contribution in [0.2, 0.25) is 0 Å². The quantitative estimate of drug-likeness (QED) is 0.678. The molecule has 1 rings (SSSR count). The predicted octanol–water partition coefficient (Wildman–Crippen LogP) is -0.128. The van der Waals surface area contributed by atoms with Gasteiger partial charge in [-0.25, -0.2) is 4.79 Å². The van der Waals surface area contributed by atoms with Crippen LogP contribution >= 0.6 is 0 Å². The predicted molar refractivity (Wildman–Crippen MR) is 54.4 cm³/mol. The standard InChI is InChI=1S/C9H13N3O4/c1-2-6(9(14)15)16-8(13)5-12-4-3-7(10)11-12/h3-4,6H,2,5H2,1H3,(H2,10,11)(H,14,15). The van der Waals surface area contributed by atoms with Crippen molar-refractivity contribution >= 4 is 17.8 Å². The molecule has 0 fully saturated rings. The fourth-order valence-electron chi connectivity index (χ4n) is 1.10. The minimum atomic E-state index is -1.16. The van der Waals surface area contributed by atoms with Crippen LogP contribution in [0.1, 0.15) is 13.3 Å². The summed E-state index contributed by atoms with van der Waals surface area (Å²) >= 11 is 0. The maximum absolute atomic E-state index is 11.3. The average Bonchev–Trinajstić information content (AvgIpc) is 2.60. The molecule has 3 N–H and O–H groups in total. The maximum Gasteiger partial charge on any atom is 0.345 e. The second-order valence-corrected chi connectivity index (χ2v) is 3.16. The molecule has 1 aromatic rings. The molecule has 1 aromatic heterocycles. The Morgan fingerprint density at radius 3 is 2.81 bits per heavy atom. The number of carboxylic acids is 1. The molecule has 7 nitrogen and oxygen atoms in total. The third-order valence-electron chi connectivity index (χ3n) is 1.87. The van der Waals surface area contributed by atoms with Crippen LogP contribution in [0.4, 0.5) is 5.82 Å². The minimum Gasteiger partial charge on any atom is -0.479 e. The molecule has 0 saturated heterocycles. The largest absolute Gasteiger partial charge is 0.479 e. The molecule has 7 heteroatoms. The van der Waals surface area contributed by atoms with Crippen molar-refractivity contribution in [1.82, 2.24) is 9.78 Å². The summed E-state index contributed by atoms with van der Waals surface area (Å²) in [6, 6.07) is 1.53. The number of hydrogen-bond acceptors (Lipinski definition) is 5. The average molecular weight is 227 g/mol. The van der Waals surface area contributed by atoms with E-state index in [9.17, 15) is 9.59 Å². The number of esters is 1. The number of carbonyl (C=O) groups excluding carboxylic acids is 1. The Morgan fingerprint density at radius 1 is 1.69 bits per heavy atom. The number of rotatable bonds is 5. The molecule has 0 bridgehead atoms. The van der Waals surface area contributed by atoms with Gasteiger partial charge < -0.3 is 15.6 Å². The highest BCUT2D eigenvalue weighted by molar-refractivity contribution is 5.77. The van der Waals surface area contributed by atoms with Crippen LogP contribution in [0, 0.1) is 0 Å². The van der Waals surface area contributed by atoms with Gasteiger partial charge in [0, 0.05) is 6.20 Å². The first kappa shape index (κ1) is 12.0. The van der Waals surface area contributed by atoms with Gasteiger partial charge in [0.25, 0.3) is 0 Å². The van der Waals surface area contributed by atoms with Crippen LogP contribution in [-0.2, 0) is 20.9 Å². The van der Waals surface area contributed by atoms with E-state index in [1.807, 2.05) is 0 Å². The van der Waals surface area contributed by atoms with E-state index >= 15 is 0 Å². The molecular formula is C9H13N3O4. The van der Waals surface area contributed by atoms with Crippen molar-refractivity contribution in [1.29, 1.82) is 0 Å². The number of nitrogens with zero attached hydrogens (tertiary/aromatic N) is 2. The highest BCUT2D eigenvalue weighted by Gasteiger charge is 2.20. The van der Waals surface area contributed by atoms with Gasteiger partial charge in [-0.1, -0.05) is 6.92 Å². The number of carboxylic acid groups (broad SMARTS) is 1. The molecule has 0 spiro atoms.